The molecule has 5 heteroatoms. The molecule has 4 nitrogen and oxygen atoms in total. The van der Waals surface area contributed by atoms with Crippen molar-refractivity contribution in [3.05, 3.63) is 65.7 Å². The zero-order valence-corrected chi connectivity index (χ0v) is 17.0. The molecule has 0 unspecified atom stereocenters. The number of hydrogen-bond acceptors (Lipinski definition) is 3. The molecule has 2 aromatic carbocycles. The van der Waals surface area contributed by atoms with Gasteiger partial charge in [0.2, 0.25) is 5.91 Å². The van der Waals surface area contributed by atoms with Crippen LogP contribution in [-0.4, -0.2) is 35.6 Å². The largest absolute Gasteiger partial charge is 0.339 e. The summed E-state index contributed by atoms with van der Waals surface area (Å²) in [6.07, 6.45) is 4.91. The third-order valence-corrected chi connectivity index (χ3v) is 5.94. The number of anilines is 1. The zero-order valence-electron chi connectivity index (χ0n) is 16.2. The molecule has 0 radical (unpaired) electrons. The second kappa shape index (κ2) is 10.9. The van der Waals surface area contributed by atoms with Crippen LogP contribution in [0.25, 0.3) is 0 Å². The Morgan fingerprint density at radius 1 is 0.893 bits per heavy atom. The van der Waals surface area contributed by atoms with Crippen molar-refractivity contribution >= 4 is 29.3 Å². The van der Waals surface area contributed by atoms with Gasteiger partial charge < -0.3 is 10.2 Å². The molecule has 1 heterocycles. The van der Waals surface area contributed by atoms with E-state index in [0.717, 1.165) is 37.4 Å². The summed E-state index contributed by atoms with van der Waals surface area (Å²) in [5, 5.41) is 2.95. The molecule has 148 valence electrons. The number of carbonyl (C=O) groups excluding carboxylic acids is 2. The number of carbonyl (C=O) groups is 2. The van der Waals surface area contributed by atoms with Crippen LogP contribution in [0.5, 0.6) is 0 Å². The quantitative estimate of drug-likeness (QED) is 0.673. The van der Waals surface area contributed by atoms with E-state index >= 15 is 0 Å². The summed E-state index contributed by atoms with van der Waals surface area (Å²) in [5.41, 5.74) is 2.48. The molecule has 0 atom stereocenters. The molecule has 0 aliphatic carbocycles. The van der Waals surface area contributed by atoms with Gasteiger partial charge in [0.15, 0.2) is 0 Å². The average Bonchev–Trinajstić information content (AvgIpc) is 3.01. The van der Waals surface area contributed by atoms with Gasteiger partial charge in [-0.1, -0.05) is 55.3 Å². The Labute approximate surface area is 171 Å². The lowest BCUT2D eigenvalue weighted by Crippen LogP contribution is -2.32. The highest BCUT2D eigenvalue weighted by atomic mass is 32.2. The molecule has 1 aliphatic rings. The van der Waals surface area contributed by atoms with Gasteiger partial charge >= 0.3 is 0 Å². The van der Waals surface area contributed by atoms with Crippen molar-refractivity contribution in [1.82, 2.24) is 4.90 Å². The van der Waals surface area contributed by atoms with Gasteiger partial charge in [-0.05, 0) is 30.5 Å². The standard InChI is InChI=1S/C23H28N2O2S/c26-22(14-17-28-18-19-10-4-3-5-11-19)24-21-13-7-6-12-20(21)23(27)25-15-8-1-2-9-16-25/h3-7,10-13H,1-2,8-9,14-18H2,(H,24,26). The van der Waals surface area contributed by atoms with Crippen LogP contribution in [0, 0.1) is 0 Å². The maximum absolute atomic E-state index is 12.9. The Balaban J connectivity index is 1.52. The predicted octanol–water partition coefficient (Wildman–Crippen LogP) is 4.96. The summed E-state index contributed by atoms with van der Waals surface area (Å²) >= 11 is 1.74. The van der Waals surface area contributed by atoms with Crippen LogP contribution in [0.1, 0.15) is 48.0 Å². The molecule has 1 fully saturated rings. The van der Waals surface area contributed by atoms with E-state index in [2.05, 4.69) is 17.4 Å². The normalized spacial score (nSPS) is 14.4. The first kappa shape index (κ1) is 20.5. The molecular weight excluding hydrogens is 368 g/mol. The molecule has 28 heavy (non-hydrogen) atoms. The first-order valence-corrected chi connectivity index (χ1v) is 11.2. The van der Waals surface area contributed by atoms with E-state index in [1.807, 2.05) is 47.4 Å². The van der Waals surface area contributed by atoms with Crippen LogP contribution in [0.2, 0.25) is 0 Å². The highest BCUT2D eigenvalue weighted by Crippen LogP contribution is 2.20. The Hall–Kier alpha value is -2.27. The second-order valence-electron chi connectivity index (χ2n) is 7.09. The maximum atomic E-state index is 12.9. The number of hydrogen-bond donors (Lipinski definition) is 1. The molecule has 1 N–H and O–H groups in total. The van der Waals surface area contributed by atoms with Gasteiger partial charge in [-0.15, -0.1) is 0 Å². The lowest BCUT2D eigenvalue weighted by Gasteiger charge is -2.22. The van der Waals surface area contributed by atoms with E-state index in [9.17, 15) is 9.59 Å². The van der Waals surface area contributed by atoms with E-state index < -0.39 is 0 Å². The second-order valence-corrected chi connectivity index (χ2v) is 8.19. The average molecular weight is 397 g/mol. The van der Waals surface area contributed by atoms with E-state index in [4.69, 9.17) is 0 Å². The highest BCUT2D eigenvalue weighted by Gasteiger charge is 2.20. The van der Waals surface area contributed by atoms with Gasteiger partial charge in [-0.2, -0.15) is 11.8 Å². The van der Waals surface area contributed by atoms with Crippen molar-refractivity contribution in [2.24, 2.45) is 0 Å². The van der Waals surface area contributed by atoms with Crippen molar-refractivity contribution in [3.8, 4) is 0 Å². The Morgan fingerprint density at radius 3 is 2.32 bits per heavy atom. The van der Waals surface area contributed by atoms with Crippen molar-refractivity contribution in [1.29, 1.82) is 0 Å². The molecule has 0 bridgehead atoms. The lowest BCUT2D eigenvalue weighted by molar-refractivity contribution is -0.115. The molecule has 2 amide bonds. The number of thioether (sulfide) groups is 1. The summed E-state index contributed by atoms with van der Waals surface area (Å²) in [5.74, 6) is 1.63. The van der Waals surface area contributed by atoms with Crippen molar-refractivity contribution in [2.45, 2.75) is 37.9 Å². The first-order valence-electron chi connectivity index (χ1n) is 10.0. The molecule has 1 saturated heterocycles. The lowest BCUT2D eigenvalue weighted by atomic mass is 10.1. The van der Waals surface area contributed by atoms with Crippen LogP contribution in [-0.2, 0) is 10.5 Å². The van der Waals surface area contributed by atoms with Crippen molar-refractivity contribution in [2.75, 3.05) is 24.2 Å². The Bertz CT molecular complexity index is 771. The minimum atomic E-state index is -0.0447. The summed E-state index contributed by atoms with van der Waals surface area (Å²) in [6.45, 7) is 1.61. The van der Waals surface area contributed by atoms with Crippen LogP contribution in [0.4, 0.5) is 5.69 Å². The Morgan fingerprint density at radius 2 is 1.57 bits per heavy atom. The fourth-order valence-electron chi connectivity index (χ4n) is 3.36. The van der Waals surface area contributed by atoms with Gasteiger partial charge in [0, 0.05) is 31.0 Å². The highest BCUT2D eigenvalue weighted by molar-refractivity contribution is 7.98. The van der Waals surface area contributed by atoms with E-state index in [-0.39, 0.29) is 11.8 Å². The third-order valence-electron chi connectivity index (χ3n) is 4.91. The number of amides is 2. The number of benzene rings is 2. The number of nitrogens with one attached hydrogen (secondary N) is 1. The third kappa shape index (κ3) is 6.13. The van der Waals surface area contributed by atoms with Gasteiger partial charge in [0.1, 0.15) is 0 Å². The van der Waals surface area contributed by atoms with E-state index in [1.165, 1.54) is 18.4 Å². The summed E-state index contributed by atoms with van der Waals surface area (Å²) in [6, 6.07) is 17.6. The zero-order chi connectivity index (χ0) is 19.6. The van der Waals surface area contributed by atoms with E-state index in [0.29, 0.717) is 17.7 Å². The molecule has 0 aromatic heterocycles. The minimum absolute atomic E-state index is 0.0243. The molecule has 0 spiro atoms. The van der Waals surface area contributed by atoms with Crippen molar-refractivity contribution in [3.63, 3.8) is 0 Å². The number of likely N-dealkylation sites (tertiary alicyclic amines) is 1. The maximum Gasteiger partial charge on any atom is 0.255 e. The van der Waals surface area contributed by atoms with E-state index in [1.54, 1.807) is 11.8 Å². The predicted molar refractivity (Wildman–Crippen MR) is 117 cm³/mol. The fourth-order valence-corrected chi connectivity index (χ4v) is 4.27. The Kier molecular flexibility index (Phi) is 7.97. The fraction of sp³-hybridized carbons (Fsp3) is 0.391. The minimum Gasteiger partial charge on any atom is -0.339 e. The van der Waals surface area contributed by atoms with Gasteiger partial charge in [-0.3, -0.25) is 9.59 Å². The molecule has 1 aliphatic heterocycles. The van der Waals surface area contributed by atoms with Crippen molar-refractivity contribution < 1.29 is 9.59 Å². The monoisotopic (exact) mass is 396 g/mol. The van der Waals surface area contributed by atoms with Crippen LogP contribution in [0.15, 0.2) is 54.6 Å². The number of rotatable bonds is 7. The molecule has 3 rings (SSSR count). The molecule has 2 aromatic rings. The van der Waals surface area contributed by atoms with Gasteiger partial charge in [0.25, 0.3) is 5.91 Å². The first-order chi connectivity index (χ1) is 13.7. The molecule has 0 saturated carbocycles. The summed E-state index contributed by atoms with van der Waals surface area (Å²) in [7, 11) is 0. The van der Waals surface area contributed by atoms with Crippen LogP contribution >= 0.6 is 11.8 Å². The SMILES string of the molecule is O=C(CCSCc1ccccc1)Nc1ccccc1C(=O)N1CCCCCC1. The summed E-state index contributed by atoms with van der Waals surface area (Å²) in [4.78, 5) is 27.2. The van der Waals surface area contributed by atoms with Gasteiger partial charge in [-0.25, -0.2) is 0 Å². The smallest absolute Gasteiger partial charge is 0.255 e. The molecular formula is C23H28N2O2S. The number of para-hydroxylation sites is 1. The van der Waals surface area contributed by atoms with Gasteiger partial charge in [0.05, 0.1) is 11.3 Å². The number of nitrogens with zero attached hydrogens (tertiary/aromatic N) is 1. The topological polar surface area (TPSA) is 49.4 Å². The van der Waals surface area contributed by atoms with Crippen LogP contribution in [0.3, 0.4) is 0 Å². The summed E-state index contributed by atoms with van der Waals surface area (Å²) < 4.78 is 0. The van der Waals surface area contributed by atoms with Crippen LogP contribution < -0.4 is 5.32 Å².